The van der Waals surface area contributed by atoms with Crippen LogP contribution in [0.3, 0.4) is 0 Å². The average molecular weight is 363 g/mol. The van der Waals surface area contributed by atoms with Gasteiger partial charge in [0, 0.05) is 10.9 Å². The van der Waals surface area contributed by atoms with Gasteiger partial charge in [-0.2, -0.15) is 0 Å². The monoisotopic (exact) mass is 362 g/mol. The molecule has 0 saturated heterocycles. The minimum absolute atomic E-state index is 0.0977. The van der Waals surface area contributed by atoms with Gasteiger partial charge in [0.05, 0.1) is 19.3 Å². The van der Waals surface area contributed by atoms with E-state index in [0.717, 1.165) is 21.5 Å². The highest BCUT2D eigenvalue weighted by atomic mass is 79.9. The van der Waals surface area contributed by atoms with Gasteiger partial charge in [-0.1, -0.05) is 36.0 Å². The highest BCUT2D eigenvalue weighted by molar-refractivity contribution is 9.10. The van der Waals surface area contributed by atoms with Crippen molar-refractivity contribution in [2.24, 2.45) is 0 Å². The van der Waals surface area contributed by atoms with Gasteiger partial charge in [-0.3, -0.25) is 10.1 Å². The molecule has 0 amide bonds. The van der Waals surface area contributed by atoms with E-state index in [4.69, 9.17) is 0 Å². The average Bonchev–Trinajstić information content (AvgIpc) is 2.76. The highest BCUT2D eigenvalue weighted by Gasteiger charge is 2.20. The summed E-state index contributed by atoms with van der Waals surface area (Å²) in [6.45, 7) is 2.02. The first-order chi connectivity index (χ1) is 10.1. The summed E-state index contributed by atoms with van der Waals surface area (Å²) in [5.41, 5.74) is 2.24. The van der Waals surface area contributed by atoms with Crippen molar-refractivity contribution in [2.75, 3.05) is 0 Å². The number of hydrogen-bond donors (Lipinski definition) is 1. The predicted molar refractivity (Wildman–Crippen MR) is 88.0 cm³/mol. The number of hydrogen-bond acceptors (Lipinski definition) is 3. The number of halogens is 1. The van der Waals surface area contributed by atoms with Crippen LogP contribution in [-0.4, -0.2) is 9.91 Å². The van der Waals surface area contributed by atoms with Gasteiger partial charge in [0.2, 0.25) is 0 Å². The molecule has 0 aliphatic rings. The molecule has 3 aromatic rings. The van der Waals surface area contributed by atoms with Gasteiger partial charge >= 0.3 is 0 Å². The Morgan fingerprint density at radius 3 is 2.67 bits per heavy atom. The fourth-order valence-electron chi connectivity index (χ4n) is 2.22. The molecule has 106 valence electrons. The van der Waals surface area contributed by atoms with Gasteiger partial charge in [0.25, 0.3) is 5.69 Å². The van der Waals surface area contributed by atoms with Crippen LogP contribution >= 0.6 is 27.7 Å². The number of nitro benzene ring substituents is 1. The second-order valence-electron chi connectivity index (χ2n) is 4.57. The first kappa shape index (κ1) is 14.2. The Labute approximate surface area is 133 Å². The van der Waals surface area contributed by atoms with E-state index in [-0.39, 0.29) is 10.6 Å². The number of fused-ring (bicyclic) bond motifs is 1. The topological polar surface area (TPSA) is 58.9 Å². The molecule has 3 rings (SSSR count). The lowest BCUT2D eigenvalue weighted by molar-refractivity contribution is -0.388. The normalized spacial score (nSPS) is 11.0. The Hall–Kier alpha value is -1.79. The Balaban J connectivity index is 2.09. The maximum absolute atomic E-state index is 11.2. The summed E-state index contributed by atoms with van der Waals surface area (Å²) in [5.74, 6) is 0. The van der Waals surface area contributed by atoms with Gasteiger partial charge in [0.1, 0.15) is 0 Å². The van der Waals surface area contributed by atoms with Crippen LogP contribution in [0.4, 0.5) is 5.69 Å². The highest BCUT2D eigenvalue weighted by Crippen LogP contribution is 2.41. The van der Waals surface area contributed by atoms with Crippen molar-refractivity contribution in [2.45, 2.75) is 16.8 Å². The Morgan fingerprint density at radius 1 is 1.19 bits per heavy atom. The molecule has 0 aliphatic heterocycles. The number of nitro groups is 1. The van der Waals surface area contributed by atoms with Crippen LogP contribution in [0.25, 0.3) is 10.9 Å². The predicted octanol–water partition coefficient (Wildman–Crippen LogP) is 5.30. The summed E-state index contributed by atoms with van der Waals surface area (Å²) in [4.78, 5) is 14.8. The molecular formula is C15H11BrN2O2S. The molecule has 0 bridgehead atoms. The molecule has 0 saturated carbocycles. The number of H-pyrrole nitrogens is 1. The van der Waals surface area contributed by atoms with E-state index in [1.807, 2.05) is 31.2 Å². The fourth-order valence-corrected chi connectivity index (χ4v) is 3.94. The van der Waals surface area contributed by atoms with E-state index in [0.29, 0.717) is 9.37 Å². The van der Waals surface area contributed by atoms with Crippen molar-refractivity contribution in [1.82, 2.24) is 4.98 Å². The third-order valence-corrected chi connectivity index (χ3v) is 5.07. The molecule has 0 radical (unpaired) electrons. The van der Waals surface area contributed by atoms with Crippen LogP contribution in [0, 0.1) is 17.0 Å². The van der Waals surface area contributed by atoms with E-state index in [2.05, 4.69) is 20.9 Å². The molecule has 1 N–H and O–H groups in total. The third kappa shape index (κ3) is 2.56. The van der Waals surface area contributed by atoms with E-state index in [1.54, 1.807) is 18.2 Å². The van der Waals surface area contributed by atoms with Gasteiger partial charge in [-0.15, -0.1) is 0 Å². The van der Waals surface area contributed by atoms with Crippen LogP contribution in [0.1, 0.15) is 5.56 Å². The first-order valence-electron chi connectivity index (χ1n) is 6.26. The van der Waals surface area contributed by atoms with E-state index >= 15 is 0 Å². The van der Waals surface area contributed by atoms with Gasteiger partial charge in [0.15, 0.2) is 0 Å². The van der Waals surface area contributed by atoms with Gasteiger partial charge in [-0.05, 0) is 46.6 Å². The second kappa shape index (κ2) is 5.54. The minimum Gasteiger partial charge on any atom is -0.349 e. The molecule has 0 aliphatic carbocycles. The zero-order chi connectivity index (χ0) is 15.0. The van der Waals surface area contributed by atoms with E-state index in [1.165, 1.54) is 11.8 Å². The van der Waals surface area contributed by atoms with Crippen molar-refractivity contribution in [3.05, 3.63) is 62.6 Å². The lowest BCUT2D eigenvalue weighted by Crippen LogP contribution is -1.92. The van der Waals surface area contributed by atoms with Crippen molar-refractivity contribution >= 4 is 44.3 Å². The first-order valence-corrected chi connectivity index (χ1v) is 7.87. The Kier molecular flexibility index (Phi) is 3.73. The van der Waals surface area contributed by atoms with Crippen molar-refractivity contribution in [3.63, 3.8) is 0 Å². The number of aromatic nitrogens is 1. The quantitative estimate of drug-likeness (QED) is 0.508. The van der Waals surface area contributed by atoms with Crippen LogP contribution in [-0.2, 0) is 0 Å². The van der Waals surface area contributed by atoms with E-state index < -0.39 is 0 Å². The summed E-state index contributed by atoms with van der Waals surface area (Å²) in [6.07, 6.45) is 0. The van der Waals surface area contributed by atoms with Gasteiger partial charge < -0.3 is 4.98 Å². The summed E-state index contributed by atoms with van der Waals surface area (Å²) < 4.78 is 0.492. The standard InChI is InChI=1S/C15H11BrN2O2S/c1-9-10-5-2-3-7-12(10)17-15(9)21-13-8-4-6-11(16)14(13)18(19)20/h2-8,17H,1H3. The summed E-state index contributed by atoms with van der Waals surface area (Å²) in [7, 11) is 0. The molecule has 0 fully saturated rings. The van der Waals surface area contributed by atoms with Crippen molar-refractivity contribution < 1.29 is 4.92 Å². The number of aromatic amines is 1. The third-order valence-electron chi connectivity index (χ3n) is 3.26. The zero-order valence-corrected chi connectivity index (χ0v) is 13.5. The molecule has 1 heterocycles. The summed E-state index contributed by atoms with van der Waals surface area (Å²) >= 11 is 4.63. The van der Waals surface area contributed by atoms with Crippen molar-refractivity contribution in [3.8, 4) is 0 Å². The molecular weight excluding hydrogens is 352 g/mol. The number of benzene rings is 2. The maximum atomic E-state index is 11.2. The van der Waals surface area contributed by atoms with Crippen LogP contribution < -0.4 is 0 Å². The molecule has 21 heavy (non-hydrogen) atoms. The Morgan fingerprint density at radius 2 is 1.95 bits per heavy atom. The number of nitrogens with zero attached hydrogens (tertiary/aromatic N) is 1. The van der Waals surface area contributed by atoms with Crippen LogP contribution in [0.15, 0.2) is 56.9 Å². The number of nitrogens with one attached hydrogen (secondary N) is 1. The SMILES string of the molecule is Cc1c(Sc2cccc(Br)c2[N+](=O)[O-])[nH]c2ccccc12. The minimum atomic E-state index is -0.357. The fraction of sp³-hybridized carbons (Fsp3) is 0.0667. The summed E-state index contributed by atoms with van der Waals surface area (Å²) in [6, 6.07) is 13.2. The zero-order valence-electron chi connectivity index (χ0n) is 11.1. The summed E-state index contributed by atoms with van der Waals surface area (Å²) in [5, 5.41) is 13.3. The molecule has 2 aromatic carbocycles. The van der Waals surface area contributed by atoms with Crippen molar-refractivity contribution in [1.29, 1.82) is 0 Å². The molecule has 0 atom stereocenters. The largest absolute Gasteiger partial charge is 0.349 e. The second-order valence-corrected chi connectivity index (χ2v) is 6.48. The molecule has 0 spiro atoms. The molecule has 6 heteroatoms. The number of para-hydroxylation sites is 2. The lowest BCUT2D eigenvalue weighted by atomic mass is 10.2. The van der Waals surface area contributed by atoms with Gasteiger partial charge in [-0.25, -0.2) is 0 Å². The lowest BCUT2D eigenvalue weighted by Gasteiger charge is -2.04. The van der Waals surface area contributed by atoms with Crippen LogP contribution in [0.2, 0.25) is 0 Å². The molecule has 4 nitrogen and oxygen atoms in total. The molecule has 0 unspecified atom stereocenters. The van der Waals surface area contributed by atoms with Crippen LogP contribution in [0.5, 0.6) is 0 Å². The van der Waals surface area contributed by atoms with E-state index in [9.17, 15) is 10.1 Å². The number of aryl methyl sites for hydroxylation is 1. The smallest absolute Gasteiger partial charge is 0.297 e. The maximum Gasteiger partial charge on any atom is 0.297 e. The molecule has 1 aromatic heterocycles. The number of rotatable bonds is 3. The Bertz CT molecular complexity index is 845.